The van der Waals surface area contributed by atoms with Gasteiger partial charge in [0.15, 0.2) is 0 Å². The molecule has 4 amide bonds. The van der Waals surface area contributed by atoms with Crippen LogP contribution in [0.25, 0.3) is 0 Å². The van der Waals surface area contributed by atoms with E-state index in [0.717, 1.165) is 16.8 Å². The second-order valence-electron chi connectivity index (χ2n) is 9.85. The van der Waals surface area contributed by atoms with Crippen LogP contribution in [-0.2, 0) is 32.9 Å². The van der Waals surface area contributed by atoms with Crippen molar-refractivity contribution in [2.75, 3.05) is 11.9 Å². The van der Waals surface area contributed by atoms with Crippen molar-refractivity contribution in [3.63, 3.8) is 0 Å². The minimum Gasteiger partial charge on any atom is -0.376 e. The number of rotatable bonds is 6. The lowest BCUT2D eigenvalue weighted by Gasteiger charge is -2.29. The second kappa shape index (κ2) is 9.29. The largest absolute Gasteiger partial charge is 0.376 e. The molecule has 2 aliphatic heterocycles. The molecule has 0 saturated carbocycles. The van der Waals surface area contributed by atoms with Crippen LogP contribution < -0.4 is 16.0 Å². The van der Waals surface area contributed by atoms with Crippen molar-refractivity contribution in [1.29, 1.82) is 0 Å². The molecule has 1 saturated heterocycles. The van der Waals surface area contributed by atoms with E-state index in [9.17, 15) is 19.2 Å². The quantitative estimate of drug-likeness (QED) is 0.572. The molecule has 2 aromatic rings. The van der Waals surface area contributed by atoms with Crippen LogP contribution >= 0.6 is 0 Å². The minimum atomic E-state index is -0.635. The van der Waals surface area contributed by atoms with Crippen LogP contribution in [0.5, 0.6) is 0 Å². The van der Waals surface area contributed by atoms with Crippen molar-refractivity contribution < 1.29 is 19.2 Å². The van der Waals surface area contributed by atoms with Crippen molar-refractivity contribution >= 4 is 29.3 Å². The second-order valence-corrected chi connectivity index (χ2v) is 9.85. The predicted octanol–water partition coefficient (Wildman–Crippen LogP) is 2.47. The zero-order valence-corrected chi connectivity index (χ0v) is 19.7. The standard InChI is InChI=1S/C26H30N4O4/c1-26(2,3)18-5-7-19(8-6-18)27-14-23(32)28-13-16-4-9-20-17(12-16)15-30(25(20)34)21-10-11-22(31)29-24(21)33/h4-9,12,21,27H,10-11,13-15H2,1-3H3,(H,28,32)(H,29,31,33)/t21-/m0/s1. The van der Waals surface area contributed by atoms with Crippen molar-refractivity contribution in [2.24, 2.45) is 0 Å². The van der Waals surface area contributed by atoms with E-state index in [1.807, 2.05) is 24.3 Å². The molecule has 1 fully saturated rings. The lowest BCUT2D eigenvalue weighted by Crippen LogP contribution is -2.52. The van der Waals surface area contributed by atoms with Crippen molar-refractivity contribution in [2.45, 2.75) is 58.2 Å². The van der Waals surface area contributed by atoms with Crippen LogP contribution in [0.3, 0.4) is 0 Å². The van der Waals surface area contributed by atoms with Gasteiger partial charge in [-0.25, -0.2) is 0 Å². The maximum atomic E-state index is 12.8. The normalized spacial score (nSPS) is 17.9. The fourth-order valence-electron chi connectivity index (χ4n) is 4.27. The maximum absolute atomic E-state index is 12.8. The van der Waals surface area contributed by atoms with Gasteiger partial charge in [-0.05, 0) is 46.7 Å². The Morgan fingerprint density at radius 1 is 1.09 bits per heavy atom. The van der Waals surface area contributed by atoms with E-state index in [-0.39, 0.29) is 36.1 Å². The Morgan fingerprint density at radius 3 is 2.50 bits per heavy atom. The molecule has 0 bridgehead atoms. The smallest absolute Gasteiger partial charge is 0.255 e. The van der Waals surface area contributed by atoms with Gasteiger partial charge in [-0.15, -0.1) is 0 Å². The number of fused-ring (bicyclic) bond motifs is 1. The number of carbonyl (C=O) groups excluding carboxylic acids is 4. The summed E-state index contributed by atoms with van der Waals surface area (Å²) >= 11 is 0. The van der Waals surface area contributed by atoms with Crippen LogP contribution in [0.1, 0.15) is 60.7 Å². The summed E-state index contributed by atoms with van der Waals surface area (Å²) in [6.07, 6.45) is 0.557. The molecule has 3 N–H and O–H groups in total. The number of nitrogens with one attached hydrogen (secondary N) is 3. The lowest BCUT2D eigenvalue weighted by molar-refractivity contribution is -0.137. The highest BCUT2D eigenvalue weighted by molar-refractivity contribution is 6.05. The number of benzene rings is 2. The topological polar surface area (TPSA) is 108 Å². The first kappa shape index (κ1) is 23.5. The third-order valence-electron chi connectivity index (χ3n) is 6.28. The number of anilines is 1. The Kier molecular flexibility index (Phi) is 6.41. The molecule has 0 radical (unpaired) electrons. The molecule has 2 aromatic carbocycles. The zero-order chi connectivity index (χ0) is 24.5. The van der Waals surface area contributed by atoms with E-state index < -0.39 is 11.9 Å². The van der Waals surface area contributed by atoms with E-state index in [1.54, 1.807) is 6.07 Å². The summed E-state index contributed by atoms with van der Waals surface area (Å²) in [5.41, 5.74) is 4.44. The molecule has 8 nitrogen and oxygen atoms in total. The van der Waals surface area contributed by atoms with Gasteiger partial charge in [0, 0.05) is 30.8 Å². The molecule has 0 spiro atoms. The Balaban J connectivity index is 1.30. The summed E-state index contributed by atoms with van der Waals surface area (Å²) < 4.78 is 0. The molecule has 178 valence electrons. The van der Waals surface area contributed by atoms with Gasteiger partial charge in [0.25, 0.3) is 5.91 Å². The van der Waals surface area contributed by atoms with Crippen molar-refractivity contribution in [3.8, 4) is 0 Å². The monoisotopic (exact) mass is 462 g/mol. The van der Waals surface area contributed by atoms with Gasteiger partial charge in [0.2, 0.25) is 17.7 Å². The molecule has 0 aliphatic carbocycles. The number of nitrogens with zero attached hydrogens (tertiary/aromatic N) is 1. The minimum absolute atomic E-state index is 0.0786. The van der Waals surface area contributed by atoms with Crippen LogP contribution in [-0.4, -0.2) is 41.1 Å². The van der Waals surface area contributed by atoms with Gasteiger partial charge in [-0.3, -0.25) is 24.5 Å². The number of hydrogen-bond donors (Lipinski definition) is 3. The number of imide groups is 1. The maximum Gasteiger partial charge on any atom is 0.255 e. The van der Waals surface area contributed by atoms with Gasteiger partial charge < -0.3 is 15.5 Å². The third kappa shape index (κ3) is 5.11. The van der Waals surface area contributed by atoms with Crippen molar-refractivity contribution in [3.05, 3.63) is 64.7 Å². The van der Waals surface area contributed by atoms with Crippen LogP contribution in [0.15, 0.2) is 42.5 Å². The Bertz CT molecular complexity index is 1130. The van der Waals surface area contributed by atoms with E-state index in [1.165, 1.54) is 10.5 Å². The molecule has 2 heterocycles. The van der Waals surface area contributed by atoms with Crippen LogP contribution in [0.2, 0.25) is 0 Å². The fourth-order valence-corrected chi connectivity index (χ4v) is 4.27. The van der Waals surface area contributed by atoms with E-state index in [0.29, 0.717) is 25.1 Å². The molecule has 2 aliphatic rings. The number of amides is 4. The summed E-state index contributed by atoms with van der Waals surface area (Å²) in [4.78, 5) is 50.2. The SMILES string of the molecule is CC(C)(C)c1ccc(NCC(=O)NCc2ccc3c(c2)CN([C@H]2CCC(=O)NC2=O)C3=O)cc1. The Hall–Kier alpha value is -3.68. The van der Waals surface area contributed by atoms with E-state index in [2.05, 4.69) is 48.9 Å². The highest BCUT2D eigenvalue weighted by Crippen LogP contribution is 2.28. The summed E-state index contributed by atoms with van der Waals surface area (Å²) in [7, 11) is 0. The van der Waals surface area contributed by atoms with Crippen LogP contribution in [0.4, 0.5) is 5.69 Å². The number of carbonyl (C=O) groups is 4. The number of piperidine rings is 1. The average molecular weight is 463 g/mol. The predicted molar refractivity (Wildman–Crippen MR) is 128 cm³/mol. The highest BCUT2D eigenvalue weighted by Gasteiger charge is 2.39. The lowest BCUT2D eigenvalue weighted by atomic mass is 9.87. The Labute approximate surface area is 199 Å². The Morgan fingerprint density at radius 2 is 1.82 bits per heavy atom. The molecule has 0 unspecified atom stereocenters. The average Bonchev–Trinajstić information content (AvgIpc) is 3.11. The molecule has 4 rings (SSSR count). The fraction of sp³-hybridized carbons (Fsp3) is 0.385. The molecule has 34 heavy (non-hydrogen) atoms. The number of hydrogen-bond acceptors (Lipinski definition) is 5. The van der Waals surface area contributed by atoms with Gasteiger partial charge >= 0.3 is 0 Å². The summed E-state index contributed by atoms with van der Waals surface area (Å²) in [6.45, 7) is 7.28. The first-order chi connectivity index (χ1) is 16.1. The molecular weight excluding hydrogens is 432 g/mol. The third-order valence-corrected chi connectivity index (χ3v) is 6.28. The van der Waals surface area contributed by atoms with Gasteiger partial charge in [0.1, 0.15) is 6.04 Å². The zero-order valence-electron chi connectivity index (χ0n) is 19.7. The summed E-state index contributed by atoms with van der Waals surface area (Å²) in [6, 6.07) is 12.9. The van der Waals surface area contributed by atoms with Crippen LogP contribution in [0, 0.1) is 0 Å². The molecule has 8 heteroatoms. The van der Waals surface area contributed by atoms with E-state index in [4.69, 9.17) is 0 Å². The van der Waals surface area contributed by atoms with Gasteiger partial charge in [-0.2, -0.15) is 0 Å². The first-order valence-electron chi connectivity index (χ1n) is 11.5. The first-order valence-corrected chi connectivity index (χ1v) is 11.5. The van der Waals surface area contributed by atoms with E-state index >= 15 is 0 Å². The van der Waals surface area contributed by atoms with Gasteiger partial charge in [0.05, 0.1) is 6.54 Å². The summed E-state index contributed by atoms with van der Waals surface area (Å²) in [5, 5.41) is 8.33. The van der Waals surface area contributed by atoms with Crippen molar-refractivity contribution in [1.82, 2.24) is 15.5 Å². The molecule has 1 atom stereocenters. The molecule has 0 aromatic heterocycles. The highest BCUT2D eigenvalue weighted by atomic mass is 16.2. The van der Waals surface area contributed by atoms with Gasteiger partial charge in [-0.1, -0.05) is 45.0 Å². The molecular formula is C26H30N4O4. The summed E-state index contributed by atoms with van der Waals surface area (Å²) in [5.74, 6) is -1.08.